The molecule has 4 atom stereocenters. The molecule has 0 aliphatic rings. The topological polar surface area (TPSA) is 147 Å². The Bertz CT molecular complexity index is 684. The number of aliphatic hydroxyl groups excluding tert-OH is 4. The van der Waals surface area contributed by atoms with Crippen molar-refractivity contribution in [2.45, 2.75) is 31.3 Å². The minimum Gasteiger partial charge on any atom is -0.479 e. The molecule has 0 fully saturated rings. The van der Waals surface area contributed by atoms with Crippen molar-refractivity contribution in [3.05, 3.63) is 0 Å². The minimum absolute atomic E-state index is 1.22. The van der Waals surface area contributed by atoms with Crippen molar-refractivity contribution < 1.29 is 35.1 Å². The van der Waals surface area contributed by atoms with Gasteiger partial charge in [-0.3, -0.25) is 10.1 Å². The Balaban J connectivity index is 4.60. The summed E-state index contributed by atoms with van der Waals surface area (Å²) in [5.41, 5.74) is 0. The molecule has 6 N–H and O–H groups in total. The first-order chi connectivity index (χ1) is 10.8. The number of hydrogen-bond donors (Lipinski definition) is 6. The number of rotatable bonds is 5. The average Bonchev–Trinajstić information content (AvgIpc) is 2.54. The highest BCUT2D eigenvalue weighted by molar-refractivity contribution is 5.83. The van der Waals surface area contributed by atoms with Gasteiger partial charge in [0.25, 0.3) is 5.91 Å². The molecule has 0 heterocycles. The number of carboxylic acid groups (broad SMARTS) is 1. The van der Waals surface area contributed by atoms with E-state index in [1.54, 1.807) is 6.92 Å². The standard InChI is InChI=1S/C15H13NO7/c1-2-3-4-5-6-7-8-9-16-14(21)12(19)10(17)11(18)13(20)15(22)23/h10-13,17-20H,1H3,(H,16,21)(H,22,23)/t10-,11-,12+,13-/m1/s1. The Morgan fingerprint density at radius 3 is 1.83 bits per heavy atom. The maximum absolute atomic E-state index is 11.4. The van der Waals surface area contributed by atoms with Crippen LogP contribution in [0.15, 0.2) is 0 Å². The van der Waals surface area contributed by atoms with E-state index in [-0.39, 0.29) is 0 Å². The van der Waals surface area contributed by atoms with E-state index in [2.05, 4.69) is 41.4 Å². The monoisotopic (exact) mass is 319 g/mol. The van der Waals surface area contributed by atoms with Gasteiger partial charge < -0.3 is 25.5 Å². The van der Waals surface area contributed by atoms with Gasteiger partial charge in [-0.1, -0.05) is 5.92 Å². The molecule has 0 spiro atoms. The van der Waals surface area contributed by atoms with E-state index in [4.69, 9.17) is 10.2 Å². The Labute approximate surface area is 132 Å². The Kier molecular flexibility index (Phi) is 9.32. The fourth-order valence-corrected chi connectivity index (χ4v) is 1.06. The Hall–Kier alpha value is -2.98. The SMILES string of the molecule is CC#CC#CC#CC#CNC(=O)[C@@H](O)[C@H](O)[C@@H](O)[C@@H](O)C(=O)O. The molecule has 0 saturated carbocycles. The summed E-state index contributed by atoms with van der Waals surface area (Å²) in [5, 5.41) is 47.4. The van der Waals surface area contributed by atoms with Crippen LogP contribution in [0.5, 0.6) is 0 Å². The van der Waals surface area contributed by atoms with Crippen LogP contribution in [-0.2, 0) is 9.59 Å². The van der Waals surface area contributed by atoms with Gasteiger partial charge in [0.2, 0.25) is 0 Å². The molecular formula is C15H13NO7. The highest BCUT2D eigenvalue weighted by Crippen LogP contribution is 2.05. The Morgan fingerprint density at radius 1 is 0.826 bits per heavy atom. The summed E-state index contributed by atoms with van der Waals surface area (Å²) in [6.07, 6.45) is -9.07. The number of amides is 1. The lowest BCUT2D eigenvalue weighted by molar-refractivity contribution is -0.166. The number of hydrogen-bond acceptors (Lipinski definition) is 6. The van der Waals surface area contributed by atoms with Crippen LogP contribution in [0.25, 0.3) is 0 Å². The second kappa shape index (κ2) is 10.7. The molecule has 0 aliphatic heterocycles. The lowest BCUT2D eigenvalue weighted by Crippen LogP contribution is -2.52. The first-order valence-electron chi connectivity index (χ1n) is 5.99. The molecule has 0 saturated heterocycles. The second-order valence-corrected chi connectivity index (χ2v) is 3.82. The highest BCUT2D eigenvalue weighted by Gasteiger charge is 2.37. The van der Waals surface area contributed by atoms with Gasteiger partial charge in [0.15, 0.2) is 12.2 Å². The Morgan fingerprint density at radius 2 is 1.30 bits per heavy atom. The second-order valence-electron chi connectivity index (χ2n) is 3.82. The van der Waals surface area contributed by atoms with Gasteiger partial charge in [0.1, 0.15) is 12.2 Å². The molecule has 0 bridgehead atoms. The average molecular weight is 319 g/mol. The van der Waals surface area contributed by atoms with Crippen LogP contribution in [0.4, 0.5) is 0 Å². The van der Waals surface area contributed by atoms with Crippen LogP contribution in [0.2, 0.25) is 0 Å². The smallest absolute Gasteiger partial charge is 0.335 e. The van der Waals surface area contributed by atoms with Crippen molar-refractivity contribution in [3.8, 4) is 47.5 Å². The van der Waals surface area contributed by atoms with Crippen LogP contribution in [0.1, 0.15) is 6.92 Å². The molecule has 8 nitrogen and oxygen atoms in total. The summed E-state index contributed by atoms with van der Waals surface area (Å²) in [5.74, 6) is 13.4. The van der Waals surface area contributed by atoms with Crippen molar-refractivity contribution in [1.29, 1.82) is 0 Å². The van der Waals surface area contributed by atoms with E-state index >= 15 is 0 Å². The predicted molar refractivity (Wildman–Crippen MR) is 76.6 cm³/mol. The van der Waals surface area contributed by atoms with Crippen molar-refractivity contribution in [3.63, 3.8) is 0 Å². The van der Waals surface area contributed by atoms with Gasteiger partial charge in [-0.15, -0.1) is 0 Å². The molecule has 8 heteroatoms. The van der Waals surface area contributed by atoms with Gasteiger partial charge in [0.05, 0.1) is 0 Å². The third-order valence-corrected chi connectivity index (χ3v) is 2.20. The van der Waals surface area contributed by atoms with Gasteiger partial charge in [-0.05, 0) is 24.7 Å². The number of carbonyl (C=O) groups excluding carboxylic acids is 1. The summed E-state index contributed by atoms with van der Waals surface area (Å²) in [7, 11) is 0. The molecule has 120 valence electrons. The lowest BCUT2D eigenvalue weighted by Gasteiger charge is -2.23. The summed E-state index contributed by atoms with van der Waals surface area (Å²) in [4.78, 5) is 21.8. The van der Waals surface area contributed by atoms with Crippen molar-refractivity contribution in [2.24, 2.45) is 0 Å². The number of carbonyl (C=O) groups is 2. The quantitative estimate of drug-likeness (QED) is 0.229. The third-order valence-electron chi connectivity index (χ3n) is 2.20. The van der Waals surface area contributed by atoms with E-state index < -0.39 is 36.3 Å². The molecule has 1 amide bonds. The van der Waals surface area contributed by atoms with E-state index in [9.17, 15) is 24.9 Å². The van der Waals surface area contributed by atoms with Crippen LogP contribution in [0, 0.1) is 47.5 Å². The highest BCUT2D eigenvalue weighted by atomic mass is 16.4. The molecule has 0 aliphatic carbocycles. The van der Waals surface area contributed by atoms with Crippen molar-refractivity contribution >= 4 is 11.9 Å². The van der Waals surface area contributed by atoms with Gasteiger partial charge >= 0.3 is 5.97 Å². The predicted octanol–water partition coefficient (Wildman–Crippen LogP) is -3.38. The number of carboxylic acids is 1. The van der Waals surface area contributed by atoms with Crippen molar-refractivity contribution in [1.82, 2.24) is 5.32 Å². The summed E-state index contributed by atoms with van der Waals surface area (Å²) < 4.78 is 0. The first-order valence-corrected chi connectivity index (χ1v) is 5.99. The fraction of sp³-hybridized carbons (Fsp3) is 0.333. The molecule has 0 aromatic carbocycles. The summed E-state index contributed by atoms with van der Waals surface area (Å²) in [6, 6.07) is 2.04. The minimum atomic E-state index is -2.37. The largest absolute Gasteiger partial charge is 0.479 e. The normalized spacial score (nSPS) is 13.6. The van der Waals surface area contributed by atoms with Crippen LogP contribution >= 0.6 is 0 Å². The molecule has 0 rings (SSSR count). The van der Waals surface area contributed by atoms with Gasteiger partial charge in [-0.2, -0.15) is 0 Å². The van der Waals surface area contributed by atoms with E-state index in [0.29, 0.717) is 0 Å². The van der Waals surface area contributed by atoms with E-state index in [1.165, 1.54) is 0 Å². The molecule has 0 aromatic rings. The van der Waals surface area contributed by atoms with Crippen LogP contribution in [0.3, 0.4) is 0 Å². The summed E-state index contributed by atoms with van der Waals surface area (Å²) in [6.45, 7) is 1.60. The lowest BCUT2D eigenvalue weighted by atomic mass is 10.0. The fourth-order valence-electron chi connectivity index (χ4n) is 1.06. The number of aliphatic carboxylic acids is 1. The first kappa shape index (κ1) is 20.0. The molecule has 0 aromatic heterocycles. The van der Waals surface area contributed by atoms with Crippen LogP contribution < -0.4 is 5.32 Å². The zero-order valence-electron chi connectivity index (χ0n) is 11.9. The zero-order chi connectivity index (χ0) is 17.8. The molecule has 0 radical (unpaired) electrons. The number of aliphatic hydroxyl groups is 4. The van der Waals surface area contributed by atoms with E-state index in [0.717, 1.165) is 0 Å². The third kappa shape index (κ3) is 7.55. The van der Waals surface area contributed by atoms with Crippen molar-refractivity contribution in [2.75, 3.05) is 0 Å². The molecular weight excluding hydrogens is 306 g/mol. The molecule has 0 unspecified atom stereocenters. The van der Waals surface area contributed by atoms with E-state index in [1.807, 2.05) is 11.4 Å². The van der Waals surface area contributed by atoms with Crippen LogP contribution in [-0.4, -0.2) is 61.8 Å². The number of nitrogens with one attached hydrogen (secondary N) is 1. The summed E-state index contributed by atoms with van der Waals surface area (Å²) >= 11 is 0. The molecule has 23 heavy (non-hydrogen) atoms. The van der Waals surface area contributed by atoms with Gasteiger partial charge in [0, 0.05) is 23.8 Å². The maximum atomic E-state index is 11.4. The zero-order valence-corrected chi connectivity index (χ0v) is 11.9. The van der Waals surface area contributed by atoms with Gasteiger partial charge in [-0.25, -0.2) is 4.79 Å². The maximum Gasteiger partial charge on any atom is 0.335 e.